The number of anilines is 2. The molecule has 0 aromatic heterocycles. The number of hydrogen-bond acceptors (Lipinski definition) is 4. The molecule has 0 amide bonds. The highest BCUT2D eigenvalue weighted by molar-refractivity contribution is 5.84. The summed E-state index contributed by atoms with van der Waals surface area (Å²) >= 11 is 0. The monoisotopic (exact) mass is 314 g/mol. The average molecular weight is 314 g/mol. The van der Waals surface area contributed by atoms with E-state index >= 15 is 0 Å². The van der Waals surface area contributed by atoms with E-state index < -0.39 is 0 Å². The fraction of sp³-hybridized carbons (Fsp3) is 0. The number of benzene rings is 3. The van der Waals surface area contributed by atoms with Crippen molar-refractivity contribution in [3.05, 3.63) is 96.1 Å². The van der Waals surface area contributed by atoms with Crippen LogP contribution in [0.15, 0.2) is 95.1 Å². The Morgan fingerprint density at radius 3 is 1.25 bits per heavy atom. The van der Waals surface area contributed by atoms with Crippen LogP contribution in [0.5, 0.6) is 0 Å². The first-order valence-corrected chi connectivity index (χ1v) is 7.68. The molecule has 0 aliphatic rings. The van der Waals surface area contributed by atoms with Crippen LogP contribution in [-0.4, -0.2) is 12.4 Å². The fourth-order valence-corrected chi connectivity index (χ4v) is 2.06. The Morgan fingerprint density at radius 1 is 0.500 bits per heavy atom. The van der Waals surface area contributed by atoms with Gasteiger partial charge in [-0.15, -0.1) is 0 Å². The van der Waals surface area contributed by atoms with Gasteiger partial charge in [0.2, 0.25) is 0 Å². The summed E-state index contributed by atoms with van der Waals surface area (Å²) in [4.78, 5) is 0. The van der Waals surface area contributed by atoms with E-state index in [1.807, 2.05) is 84.9 Å². The van der Waals surface area contributed by atoms with Gasteiger partial charge in [-0.2, -0.15) is 10.2 Å². The number of nitrogens with one attached hydrogen (secondary N) is 2. The van der Waals surface area contributed by atoms with Gasteiger partial charge in [-0.1, -0.05) is 60.7 Å². The molecule has 0 heterocycles. The van der Waals surface area contributed by atoms with Gasteiger partial charge >= 0.3 is 0 Å². The summed E-state index contributed by atoms with van der Waals surface area (Å²) in [5, 5.41) is 8.44. The first-order valence-electron chi connectivity index (χ1n) is 7.68. The van der Waals surface area contributed by atoms with Crippen LogP contribution >= 0.6 is 0 Å². The number of hydrazone groups is 2. The van der Waals surface area contributed by atoms with Gasteiger partial charge in [0.25, 0.3) is 0 Å². The Bertz CT molecular complexity index is 724. The summed E-state index contributed by atoms with van der Waals surface area (Å²) in [6.45, 7) is 0. The maximum Gasteiger partial charge on any atom is 0.0561 e. The molecule has 24 heavy (non-hydrogen) atoms. The van der Waals surface area contributed by atoms with Crippen LogP contribution < -0.4 is 10.9 Å². The highest BCUT2D eigenvalue weighted by Crippen LogP contribution is 2.06. The molecule has 3 aromatic carbocycles. The molecular formula is C20H18N4. The zero-order valence-electron chi connectivity index (χ0n) is 13.1. The lowest BCUT2D eigenvalue weighted by atomic mass is 10.2. The highest BCUT2D eigenvalue weighted by Gasteiger charge is 1.91. The quantitative estimate of drug-likeness (QED) is 0.517. The van der Waals surface area contributed by atoms with Crippen LogP contribution in [0, 0.1) is 0 Å². The molecule has 0 aliphatic heterocycles. The summed E-state index contributed by atoms with van der Waals surface area (Å²) in [5.41, 5.74) is 9.95. The molecule has 4 nitrogen and oxygen atoms in total. The minimum atomic E-state index is 0.962. The SMILES string of the molecule is C(=NNc1ccccc1)c1ccc(C=NNc2ccccc2)cc1. The van der Waals surface area contributed by atoms with E-state index in [0.717, 1.165) is 22.5 Å². The summed E-state index contributed by atoms with van der Waals surface area (Å²) in [5.74, 6) is 0. The van der Waals surface area contributed by atoms with E-state index in [9.17, 15) is 0 Å². The first-order chi connectivity index (χ1) is 11.9. The van der Waals surface area contributed by atoms with Crippen molar-refractivity contribution in [2.45, 2.75) is 0 Å². The smallest absolute Gasteiger partial charge is 0.0561 e. The number of nitrogens with zero attached hydrogens (tertiary/aromatic N) is 2. The summed E-state index contributed by atoms with van der Waals surface area (Å²) < 4.78 is 0. The van der Waals surface area contributed by atoms with E-state index in [-0.39, 0.29) is 0 Å². The topological polar surface area (TPSA) is 48.8 Å². The molecule has 0 saturated carbocycles. The predicted molar refractivity (Wildman–Crippen MR) is 102 cm³/mol. The maximum absolute atomic E-state index is 4.22. The molecule has 0 radical (unpaired) electrons. The van der Waals surface area contributed by atoms with Crippen LogP contribution in [0.4, 0.5) is 11.4 Å². The molecule has 3 aromatic rings. The van der Waals surface area contributed by atoms with Crippen LogP contribution in [-0.2, 0) is 0 Å². The molecule has 118 valence electrons. The van der Waals surface area contributed by atoms with Crippen molar-refractivity contribution in [2.75, 3.05) is 10.9 Å². The van der Waals surface area contributed by atoms with Gasteiger partial charge in [-0.25, -0.2) is 0 Å². The highest BCUT2D eigenvalue weighted by atomic mass is 15.3. The molecule has 0 aliphatic carbocycles. The third-order valence-corrected chi connectivity index (χ3v) is 3.30. The second-order valence-electron chi connectivity index (χ2n) is 5.14. The zero-order chi connectivity index (χ0) is 16.5. The van der Waals surface area contributed by atoms with Gasteiger partial charge in [0.05, 0.1) is 23.8 Å². The molecule has 0 saturated heterocycles. The predicted octanol–water partition coefficient (Wildman–Crippen LogP) is 4.58. The van der Waals surface area contributed by atoms with Gasteiger partial charge in [0.1, 0.15) is 0 Å². The first kappa shape index (κ1) is 15.5. The van der Waals surface area contributed by atoms with Crippen molar-refractivity contribution in [1.82, 2.24) is 0 Å². The van der Waals surface area contributed by atoms with Crippen LogP contribution in [0.25, 0.3) is 0 Å². The zero-order valence-corrected chi connectivity index (χ0v) is 13.1. The minimum absolute atomic E-state index is 0.962. The second kappa shape index (κ2) is 8.29. The Balaban J connectivity index is 1.53. The fourth-order valence-electron chi connectivity index (χ4n) is 2.06. The lowest BCUT2D eigenvalue weighted by Gasteiger charge is -2.00. The third kappa shape index (κ3) is 4.81. The van der Waals surface area contributed by atoms with Crippen molar-refractivity contribution in [2.24, 2.45) is 10.2 Å². The second-order valence-corrected chi connectivity index (χ2v) is 5.14. The number of hydrogen-bond donors (Lipinski definition) is 2. The Kier molecular flexibility index (Phi) is 5.35. The van der Waals surface area contributed by atoms with E-state index in [0.29, 0.717) is 0 Å². The molecule has 0 unspecified atom stereocenters. The summed E-state index contributed by atoms with van der Waals surface area (Å²) in [6, 6.07) is 27.7. The van der Waals surface area contributed by atoms with Crippen LogP contribution in [0.3, 0.4) is 0 Å². The van der Waals surface area contributed by atoms with Gasteiger partial charge < -0.3 is 0 Å². The maximum atomic E-state index is 4.22. The molecule has 0 atom stereocenters. The van der Waals surface area contributed by atoms with Crippen molar-refractivity contribution in [3.63, 3.8) is 0 Å². The lowest BCUT2D eigenvalue weighted by molar-refractivity contribution is 1.34. The van der Waals surface area contributed by atoms with Gasteiger partial charge in [-0.3, -0.25) is 10.9 Å². The number of para-hydroxylation sites is 2. The molecule has 4 heteroatoms. The van der Waals surface area contributed by atoms with Crippen LogP contribution in [0.2, 0.25) is 0 Å². The summed E-state index contributed by atoms with van der Waals surface area (Å²) in [7, 11) is 0. The Labute approximate surface area is 141 Å². The Hall–Kier alpha value is -3.40. The van der Waals surface area contributed by atoms with Crippen molar-refractivity contribution < 1.29 is 0 Å². The number of rotatable bonds is 6. The van der Waals surface area contributed by atoms with E-state index in [1.54, 1.807) is 12.4 Å². The van der Waals surface area contributed by atoms with E-state index in [2.05, 4.69) is 21.1 Å². The Morgan fingerprint density at radius 2 is 0.875 bits per heavy atom. The standard InChI is InChI=1S/C20H18N4/c1-3-7-19(8-4-1)23-21-15-17-11-13-18(14-12-17)16-22-24-20-9-5-2-6-10-20/h1-16,23-24H. The van der Waals surface area contributed by atoms with Gasteiger partial charge in [0, 0.05) is 0 Å². The molecule has 3 rings (SSSR count). The lowest BCUT2D eigenvalue weighted by Crippen LogP contribution is -1.92. The van der Waals surface area contributed by atoms with E-state index in [1.165, 1.54) is 0 Å². The molecule has 0 spiro atoms. The van der Waals surface area contributed by atoms with Crippen molar-refractivity contribution in [3.8, 4) is 0 Å². The largest absolute Gasteiger partial charge is 0.279 e. The normalized spacial score (nSPS) is 11.0. The van der Waals surface area contributed by atoms with Crippen molar-refractivity contribution >= 4 is 23.8 Å². The average Bonchev–Trinajstić information content (AvgIpc) is 2.65. The van der Waals surface area contributed by atoms with Crippen LogP contribution in [0.1, 0.15) is 11.1 Å². The molecule has 0 fully saturated rings. The molecular weight excluding hydrogens is 296 g/mol. The van der Waals surface area contributed by atoms with Crippen molar-refractivity contribution in [1.29, 1.82) is 0 Å². The molecule has 0 bridgehead atoms. The third-order valence-electron chi connectivity index (χ3n) is 3.30. The summed E-state index contributed by atoms with van der Waals surface area (Å²) in [6.07, 6.45) is 3.58. The molecule has 2 N–H and O–H groups in total. The minimum Gasteiger partial charge on any atom is -0.279 e. The van der Waals surface area contributed by atoms with Gasteiger partial charge in [-0.05, 0) is 35.4 Å². The van der Waals surface area contributed by atoms with E-state index in [4.69, 9.17) is 0 Å². The van der Waals surface area contributed by atoms with Gasteiger partial charge in [0.15, 0.2) is 0 Å².